The van der Waals surface area contributed by atoms with Crippen LogP contribution in [0.25, 0.3) is 10.9 Å². The van der Waals surface area contributed by atoms with Crippen LogP contribution in [0.3, 0.4) is 0 Å². The summed E-state index contributed by atoms with van der Waals surface area (Å²) in [4.78, 5) is 3.86. The van der Waals surface area contributed by atoms with Gasteiger partial charge in [-0.1, -0.05) is 41.4 Å². The number of thioether (sulfide) groups is 1. The Morgan fingerprint density at radius 1 is 1.07 bits per heavy atom. The van der Waals surface area contributed by atoms with E-state index < -0.39 is 21.9 Å². The molecule has 0 aliphatic carbocycles. The summed E-state index contributed by atoms with van der Waals surface area (Å²) in [6, 6.07) is 11.5. The van der Waals surface area contributed by atoms with Crippen molar-refractivity contribution in [3.63, 3.8) is 0 Å². The van der Waals surface area contributed by atoms with Crippen molar-refractivity contribution in [1.82, 2.24) is 9.71 Å². The monoisotopic (exact) mass is 480 g/mol. The Kier molecular flexibility index (Phi) is 6.64. The second-order valence-corrected chi connectivity index (χ2v) is 9.56. The number of nitrogens with zero attached hydrogens (tertiary/aromatic N) is 1. The smallest absolute Gasteiger partial charge is 0.243 e. The normalized spacial score (nSPS) is 12.4. The highest BCUT2D eigenvalue weighted by Crippen LogP contribution is 2.34. The van der Waals surface area contributed by atoms with E-state index in [2.05, 4.69) is 9.71 Å². The Balaban J connectivity index is 1.75. The summed E-state index contributed by atoms with van der Waals surface area (Å²) in [5.41, 5.74) is -0.777. The molecule has 0 aliphatic heterocycles. The third kappa shape index (κ3) is 5.35. The molecule has 11 heteroatoms. The van der Waals surface area contributed by atoms with Crippen LogP contribution >= 0.6 is 35.0 Å². The van der Waals surface area contributed by atoms with Crippen molar-refractivity contribution in [2.45, 2.75) is 16.0 Å². The van der Waals surface area contributed by atoms with E-state index in [4.69, 9.17) is 23.2 Å². The molecular weight excluding hydrogens is 468 g/mol. The number of nitrogens with one attached hydrogen (secondary N) is 1. The maximum absolute atomic E-state index is 13.1. The van der Waals surface area contributed by atoms with Gasteiger partial charge in [-0.05, 0) is 30.3 Å². The second kappa shape index (κ2) is 8.69. The molecule has 0 spiro atoms. The van der Waals surface area contributed by atoms with E-state index in [1.54, 1.807) is 18.2 Å². The molecule has 0 saturated carbocycles. The largest absolute Gasteiger partial charge is 0.433 e. The number of hydrogen-bond donors (Lipinski definition) is 1. The van der Waals surface area contributed by atoms with Crippen molar-refractivity contribution in [2.75, 3.05) is 12.3 Å². The molecule has 3 rings (SSSR count). The van der Waals surface area contributed by atoms with Gasteiger partial charge in [0.15, 0.2) is 0 Å². The topological polar surface area (TPSA) is 59.1 Å². The molecule has 0 bridgehead atoms. The molecule has 4 nitrogen and oxygen atoms in total. The third-order valence-electron chi connectivity index (χ3n) is 3.80. The van der Waals surface area contributed by atoms with Crippen LogP contribution in [0, 0.1) is 0 Å². The van der Waals surface area contributed by atoms with Crippen LogP contribution < -0.4 is 4.72 Å². The maximum Gasteiger partial charge on any atom is 0.433 e. The first-order chi connectivity index (χ1) is 13.6. The van der Waals surface area contributed by atoms with Crippen molar-refractivity contribution in [2.24, 2.45) is 0 Å². The number of hydrogen-bond acceptors (Lipinski definition) is 4. The van der Waals surface area contributed by atoms with Crippen LogP contribution in [-0.4, -0.2) is 25.7 Å². The lowest BCUT2D eigenvalue weighted by molar-refractivity contribution is -0.141. The molecule has 0 saturated heterocycles. The van der Waals surface area contributed by atoms with Crippen molar-refractivity contribution < 1.29 is 21.6 Å². The van der Waals surface area contributed by atoms with Crippen molar-refractivity contribution in [3.05, 3.63) is 64.3 Å². The van der Waals surface area contributed by atoms with Crippen molar-refractivity contribution >= 4 is 55.9 Å². The summed E-state index contributed by atoms with van der Waals surface area (Å²) in [5.74, 6) is 0.197. The predicted molar refractivity (Wildman–Crippen MR) is 109 cm³/mol. The zero-order chi connectivity index (χ0) is 21.2. The second-order valence-electron chi connectivity index (χ2n) is 5.84. The van der Waals surface area contributed by atoms with Crippen LogP contribution in [-0.2, 0) is 16.2 Å². The van der Waals surface area contributed by atoms with Crippen LogP contribution in [0.2, 0.25) is 10.0 Å². The molecule has 0 amide bonds. The minimum Gasteiger partial charge on any atom is -0.243 e. The number of halogens is 5. The summed E-state index contributed by atoms with van der Waals surface area (Å²) in [7, 11) is -3.91. The molecular formula is C18H13Cl2F3N2O2S2. The van der Waals surface area contributed by atoms with Gasteiger partial charge >= 0.3 is 6.18 Å². The number of fused-ring (bicyclic) bond motifs is 1. The molecule has 0 fully saturated rings. The first kappa shape index (κ1) is 22.2. The summed E-state index contributed by atoms with van der Waals surface area (Å²) in [6.45, 7) is -0.0200. The Morgan fingerprint density at radius 3 is 2.52 bits per heavy atom. The Bertz CT molecular complexity index is 1160. The van der Waals surface area contributed by atoms with Crippen molar-refractivity contribution in [3.8, 4) is 0 Å². The van der Waals surface area contributed by atoms with Gasteiger partial charge in [-0.3, -0.25) is 0 Å². The van der Waals surface area contributed by atoms with Gasteiger partial charge in [0.05, 0.1) is 10.5 Å². The highest BCUT2D eigenvalue weighted by molar-refractivity contribution is 7.99. The summed E-state index contributed by atoms with van der Waals surface area (Å²) in [5, 5.41) is 0.794. The fourth-order valence-corrected chi connectivity index (χ4v) is 5.37. The van der Waals surface area contributed by atoms with Gasteiger partial charge in [-0.2, -0.15) is 13.2 Å². The highest BCUT2D eigenvalue weighted by Gasteiger charge is 2.33. The third-order valence-corrected chi connectivity index (χ3v) is 7.04. The number of aromatic nitrogens is 1. The minimum atomic E-state index is -4.58. The number of benzene rings is 2. The lowest BCUT2D eigenvalue weighted by Crippen LogP contribution is -2.26. The molecule has 1 heterocycles. The highest BCUT2D eigenvalue weighted by atomic mass is 35.5. The molecule has 154 valence electrons. The van der Waals surface area contributed by atoms with Crippen LogP contribution in [0.4, 0.5) is 13.2 Å². The van der Waals surface area contributed by atoms with Crippen LogP contribution in [0.5, 0.6) is 0 Å². The number of sulfonamides is 1. The van der Waals surface area contributed by atoms with Gasteiger partial charge < -0.3 is 0 Å². The fraction of sp³-hybridized carbons (Fsp3) is 0.167. The molecule has 3 aromatic rings. The average molecular weight is 481 g/mol. The molecule has 29 heavy (non-hydrogen) atoms. The molecule has 0 aliphatic rings. The van der Waals surface area contributed by atoms with Crippen molar-refractivity contribution in [1.29, 1.82) is 0 Å². The van der Waals surface area contributed by atoms with E-state index in [1.807, 2.05) is 0 Å². The first-order valence-electron chi connectivity index (χ1n) is 8.12. The lowest BCUT2D eigenvalue weighted by atomic mass is 10.2. The quantitative estimate of drug-likeness (QED) is 0.366. The van der Waals surface area contributed by atoms with E-state index in [0.717, 1.165) is 17.8 Å². The minimum absolute atomic E-state index is 0.0181. The summed E-state index contributed by atoms with van der Waals surface area (Å²) in [6.07, 6.45) is -4.58. The van der Waals surface area contributed by atoms with Gasteiger partial charge in [0.1, 0.15) is 10.6 Å². The number of rotatable bonds is 6. The molecule has 0 unspecified atom stereocenters. The molecule has 1 aromatic heterocycles. The van der Waals surface area contributed by atoms with Crippen LogP contribution in [0.15, 0.2) is 58.3 Å². The van der Waals surface area contributed by atoms with E-state index in [0.29, 0.717) is 10.3 Å². The SMILES string of the molecule is O=S(=O)(NCCSc1cc(C(F)(F)F)nc2ccccc12)c1cc(Cl)ccc1Cl. The van der Waals surface area contributed by atoms with E-state index >= 15 is 0 Å². The predicted octanol–water partition coefficient (Wildman–Crippen LogP) is 5.63. The van der Waals surface area contributed by atoms with Crippen LogP contribution in [0.1, 0.15) is 5.69 Å². The molecule has 2 aromatic carbocycles. The zero-order valence-electron chi connectivity index (χ0n) is 14.5. The Hall–Kier alpha value is -1.52. The van der Waals surface area contributed by atoms with Gasteiger partial charge in [0, 0.05) is 27.6 Å². The zero-order valence-corrected chi connectivity index (χ0v) is 17.6. The number of alkyl halides is 3. The summed E-state index contributed by atoms with van der Waals surface area (Å²) >= 11 is 12.8. The van der Waals surface area contributed by atoms with E-state index in [9.17, 15) is 21.6 Å². The van der Waals surface area contributed by atoms with Gasteiger partial charge in [-0.15, -0.1) is 11.8 Å². The average Bonchev–Trinajstić information content (AvgIpc) is 2.66. The summed E-state index contributed by atoms with van der Waals surface area (Å²) < 4.78 is 66.5. The molecule has 0 radical (unpaired) electrons. The van der Waals surface area contributed by atoms with Gasteiger partial charge in [0.25, 0.3) is 0 Å². The van der Waals surface area contributed by atoms with Gasteiger partial charge in [0.2, 0.25) is 10.0 Å². The van der Waals surface area contributed by atoms with E-state index in [-0.39, 0.29) is 32.8 Å². The molecule has 0 atom stereocenters. The number of pyridine rings is 1. The lowest BCUT2D eigenvalue weighted by Gasteiger charge is -2.12. The Labute approximate surface area is 179 Å². The van der Waals surface area contributed by atoms with Gasteiger partial charge in [-0.25, -0.2) is 18.1 Å². The first-order valence-corrected chi connectivity index (χ1v) is 11.3. The van der Waals surface area contributed by atoms with E-state index in [1.165, 1.54) is 24.3 Å². The fourth-order valence-electron chi connectivity index (χ4n) is 2.51. The maximum atomic E-state index is 13.1. The number of para-hydroxylation sites is 1. The molecule has 1 N–H and O–H groups in total. The standard InChI is InChI=1S/C18H13Cl2F3N2O2S2/c19-11-5-6-13(20)16(9-11)29(26,27)24-7-8-28-15-10-17(18(21,22)23)25-14-4-2-1-3-12(14)15/h1-6,9-10,24H,7-8H2. The Morgan fingerprint density at radius 2 is 1.79 bits per heavy atom.